The van der Waals surface area contributed by atoms with E-state index in [0.717, 1.165) is 39.1 Å². The van der Waals surface area contributed by atoms with Crippen LogP contribution in [0.1, 0.15) is 38.5 Å². The summed E-state index contributed by atoms with van der Waals surface area (Å²) in [5.74, 6) is 0.306. The first-order valence-corrected chi connectivity index (χ1v) is 8.66. The molecule has 3 saturated heterocycles. The van der Waals surface area contributed by atoms with Crippen molar-refractivity contribution in [1.29, 1.82) is 0 Å². The fourth-order valence-electron chi connectivity index (χ4n) is 3.89. The molecular formula is C16H31Cl2N3O2. The Kier molecular flexibility index (Phi) is 9.78. The molecule has 136 valence electrons. The molecule has 3 aliphatic heterocycles. The van der Waals surface area contributed by atoms with E-state index in [9.17, 15) is 4.79 Å². The van der Waals surface area contributed by atoms with Crippen LogP contribution in [-0.4, -0.2) is 73.7 Å². The largest absolute Gasteiger partial charge is 0.378 e. The van der Waals surface area contributed by atoms with Crippen LogP contribution in [0.15, 0.2) is 0 Å². The van der Waals surface area contributed by atoms with Crippen LogP contribution in [-0.2, 0) is 9.53 Å². The minimum Gasteiger partial charge on any atom is -0.378 e. The Morgan fingerprint density at radius 3 is 2.52 bits per heavy atom. The highest BCUT2D eigenvalue weighted by molar-refractivity contribution is 5.85. The summed E-state index contributed by atoms with van der Waals surface area (Å²) in [4.78, 5) is 17.2. The number of likely N-dealkylation sites (tertiary alicyclic amines) is 2. The van der Waals surface area contributed by atoms with Gasteiger partial charge in [0.05, 0.1) is 13.2 Å². The quantitative estimate of drug-likeness (QED) is 0.824. The zero-order valence-corrected chi connectivity index (χ0v) is 15.5. The van der Waals surface area contributed by atoms with Crippen molar-refractivity contribution in [3.63, 3.8) is 0 Å². The van der Waals surface area contributed by atoms with Gasteiger partial charge in [-0.25, -0.2) is 0 Å². The fourth-order valence-corrected chi connectivity index (χ4v) is 3.89. The molecule has 0 radical (unpaired) electrons. The fraction of sp³-hybridized carbons (Fsp3) is 0.938. The van der Waals surface area contributed by atoms with Crippen molar-refractivity contribution in [1.82, 2.24) is 15.1 Å². The van der Waals surface area contributed by atoms with Gasteiger partial charge in [0, 0.05) is 38.1 Å². The van der Waals surface area contributed by atoms with Crippen LogP contribution in [0.2, 0.25) is 0 Å². The first-order valence-electron chi connectivity index (χ1n) is 8.66. The number of rotatable bonds is 3. The van der Waals surface area contributed by atoms with Crippen LogP contribution >= 0.6 is 24.8 Å². The van der Waals surface area contributed by atoms with E-state index in [2.05, 4.69) is 15.1 Å². The molecule has 2 atom stereocenters. The maximum absolute atomic E-state index is 12.5. The first kappa shape index (κ1) is 21.0. The molecule has 3 rings (SSSR count). The molecule has 23 heavy (non-hydrogen) atoms. The summed E-state index contributed by atoms with van der Waals surface area (Å²) in [5.41, 5.74) is 0. The zero-order chi connectivity index (χ0) is 14.5. The van der Waals surface area contributed by atoms with Crippen molar-refractivity contribution < 1.29 is 9.53 Å². The molecule has 0 bridgehead atoms. The van der Waals surface area contributed by atoms with Crippen LogP contribution in [0.5, 0.6) is 0 Å². The highest BCUT2D eigenvalue weighted by Crippen LogP contribution is 2.21. The van der Waals surface area contributed by atoms with Crippen molar-refractivity contribution >= 4 is 30.7 Å². The summed E-state index contributed by atoms with van der Waals surface area (Å²) in [7, 11) is 0. The van der Waals surface area contributed by atoms with Crippen molar-refractivity contribution in [2.75, 3.05) is 45.9 Å². The van der Waals surface area contributed by atoms with Gasteiger partial charge in [0.2, 0.25) is 5.91 Å². The Bertz CT molecular complexity index is 348. The molecule has 0 aromatic heterocycles. The second kappa shape index (κ2) is 10.7. The smallest absolute Gasteiger partial charge is 0.224 e. The molecule has 3 aliphatic rings. The number of nitrogens with zero attached hydrogens (tertiary/aromatic N) is 2. The second-order valence-electron chi connectivity index (χ2n) is 6.64. The van der Waals surface area contributed by atoms with E-state index in [0.29, 0.717) is 25.0 Å². The van der Waals surface area contributed by atoms with Gasteiger partial charge in [-0.15, -0.1) is 24.8 Å². The second-order valence-corrected chi connectivity index (χ2v) is 6.64. The van der Waals surface area contributed by atoms with E-state index >= 15 is 0 Å². The molecule has 5 nitrogen and oxygen atoms in total. The number of nitrogens with one attached hydrogen (secondary N) is 1. The predicted molar refractivity (Wildman–Crippen MR) is 96.7 cm³/mol. The van der Waals surface area contributed by atoms with E-state index in [1.54, 1.807) is 0 Å². The van der Waals surface area contributed by atoms with E-state index in [-0.39, 0.29) is 30.9 Å². The summed E-state index contributed by atoms with van der Waals surface area (Å²) in [6.45, 7) is 6.73. The van der Waals surface area contributed by atoms with Crippen LogP contribution in [0.4, 0.5) is 0 Å². The molecule has 2 unspecified atom stereocenters. The number of hydrogen-bond donors (Lipinski definition) is 1. The lowest BCUT2D eigenvalue weighted by atomic mass is 10.1. The molecule has 3 fully saturated rings. The van der Waals surface area contributed by atoms with Gasteiger partial charge in [0.15, 0.2) is 0 Å². The summed E-state index contributed by atoms with van der Waals surface area (Å²) < 4.78 is 5.44. The number of carbonyl (C=O) groups excluding carboxylic acids is 1. The van der Waals surface area contributed by atoms with Gasteiger partial charge in [-0.1, -0.05) is 0 Å². The van der Waals surface area contributed by atoms with Crippen molar-refractivity contribution in [3.05, 3.63) is 0 Å². The predicted octanol–water partition coefficient (Wildman–Crippen LogP) is 1.69. The third-order valence-corrected chi connectivity index (χ3v) is 5.13. The molecule has 1 N–H and O–H groups in total. The number of ether oxygens (including phenoxy) is 1. The molecule has 3 heterocycles. The average molecular weight is 368 g/mol. The van der Waals surface area contributed by atoms with Crippen LogP contribution in [0.25, 0.3) is 0 Å². The summed E-state index contributed by atoms with van der Waals surface area (Å²) >= 11 is 0. The van der Waals surface area contributed by atoms with Crippen LogP contribution in [0, 0.1) is 0 Å². The third-order valence-electron chi connectivity index (χ3n) is 5.13. The van der Waals surface area contributed by atoms with Gasteiger partial charge in [-0.3, -0.25) is 4.79 Å². The van der Waals surface area contributed by atoms with Gasteiger partial charge in [0.25, 0.3) is 0 Å². The van der Waals surface area contributed by atoms with Gasteiger partial charge in [0.1, 0.15) is 0 Å². The molecule has 7 heteroatoms. The van der Waals surface area contributed by atoms with Crippen molar-refractivity contribution in [2.24, 2.45) is 0 Å². The summed E-state index contributed by atoms with van der Waals surface area (Å²) in [6.07, 6.45) is 6.86. The average Bonchev–Trinajstić information content (AvgIpc) is 2.93. The van der Waals surface area contributed by atoms with Crippen molar-refractivity contribution in [3.8, 4) is 0 Å². The maximum Gasteiger partial charge on any atom is 0.224 e. The SMILES string of the molecule is Cl.Cl.O=C(CC1COCCN1)N1CCCC(N2CCCC2)CC1. The highest BCUT2D eigenvalue weighted by atomic mass is 35.5. The minimum absolute atomic E-state index is 0. The van der Waals surface area contributed by atoms with E-state index in [1.165, 1.54) is 32.4 Å². The molecule has 0 aliphatic carbocycles. The Morgan fingerprint density at radius 1 is 1.04 bits per heavy atom. The first-order chi connectivity index (χ1) is 10.3. The van der Waals surface area contributed by atoms with Crippen molar-refractivity contribution in [2.45, 2.75) is 50.6 Å². The number of morpholine rings is 1. The zero-order valence-electron chi connectivity index (χ0n) is 13.9. The Labute approximate surface area is 152 Å². The number of halogens is 2. The number of amides is 1. The normalized spacial score (nSPS) is 29.3. The van der Waals surface area contributed by atoms with Crippen LogP contribution in [0.3, 0.4) is 0 Å². The van der Waals surface area contributed by atoms with E-state index < -0.39 is 0 Å². The van der Waals surface area contributed by atoms with Gasteiger partial charge < -0.3 is 19.9 Å². The number of carbonyl (C=O) groups is 1. The Hall–Kier alpha value is -0.0700. The van der Waals surface area contributed by atoms with E-state index in [1.807, 2.05) is 0 Å². The Morgan fingerprint density at radius 2 is 1.83 bits per heavy atom. The summed E-state index contributed by atoms with van der Waals surface area (Å²) in [6, 6.07) is 0.922. The lowest BCUT2D eigenvalue weighted by Gasteiger charge is -2.28. The maximum atomic E-state index is 12.5. The minimum atomic E-state index is 0. The molecule has 0 aromatic carbocycles. The van der Waals surface area contributed by atoms with Gasteiger partial charge in [-0.05, 0) is 45.2 Å². The third kappa shape index (κ3) is 6.05. The Balaban J connectivity index is 0.00000132. The summed E-state index contributed by atoms with van der Waals surface area (Å²) in [5, 5.41) is 3.38. The lowest BCUT2D eigenvalue weighted by molar-refractivity contribution is -0.132. The standard InChI is InChI=1S/C16H29N3O2.2ClH/c20-16(12-14-13-21-11-6-17-14)19-9-3-4-15(5-10-19)18-7-1-2-8-18;;/h14-15,17H,1-13H2;2*1H. The highest BCUT2D eigenvalue weighted by Gasteiger charge is 2.27. The van der Waals surface area contributed by atoms with Crippen LogP contribution < -0.4 is 5.32 Å². The lowest BCUT2D eigenvalue weighted by Crippen LogP contribution is -2.45. The monoisotopic (exact) mass is 367 g/mol. The molecule has 0 spiro atoms. The molecule has 0 aromatic rings. The molecule has 0 saturated carbocycles. The molecular weight excluding hydrogens is 337 g/mol. The topological polar surface area (TPSA) is 44.8 Å². The molecule has 1 amide bonds. The van der Waals surface area contributed by atoms with E-state index in [4.69, 9.17) is 4.74 Å². The number of hydrogen-bond acceptors (Lipinski definition) is 4. The van der Waals surface area contributed by atoms with Gasteiger partial charge >= 0.3 is 0 Å². The van der Waals surface area contributed by atoms with Gasteiger partial charge in [-0.2, -0.15) is 0 Å².